The van der Waals surface area contributed by atoms with Crippen LogP contribution in [0.1, 0.15) is 116 Å². The molecule has 2 nitrogen and oxygen atoms in total. The molecule has 0 aromatic rings. The summed E-state index contributed by atoms with van der Waals surface area (Å²) in [6.45, 7) is 2.72. The Morgan fingerprint density at radius 2 is 1.00 bits per heavy atom. The Bertz CT molecular complexity index is 257. The lowest BCUT2D eigenvalue weighted by Crippen LogP contribution is -2.03. The van der Waals surface area contributed by atoms with E-state index in [-0.39, 0.29) is 13.2 Å². The van der Waals surface area contributed by atoms with Crippen molar-refractivity contribution < 1.29 is 10.2 Å². The standard InChI is InChI=1S/C23H45O2/c1-2-3-4-5-6-7-8-9-10-11-12-13-14-15-16-17-18-23(19-21-24)20-22-25/h9-10,24-25H,2-8,11-22H2,1H3/b10-9-. The number of allylic oxidation sites excluding steroid dienone is 2. The maximum atomic E-state index is 8.99. The first-order valence-corrected chi connectivity index (χ1v) is 11.1. The van der Waals surface area contributed by atoms with E-state index in [1.165, 1.54) is 95.8 Å². The Morgan fingerprint density at radius 3 is 1.48 bits per heavy atom. The largest absolute Gasteiger partial charge is 0.396 e. The van der Waals surface area contributed by atoms with Crippen molar-refractivity contribution in [3.8, 4) is 0 Å². The van der Waals surface area contributed by atoms with Gasteiger partial charge in [-0.15, -0.1) is 0 Å². The Morgan fingerprint density at radius 1 is 0.560 bits per heavy atom. The molecule has 0 amide bonds. The van der Waals surface area contributed by atoms with E-state index < -0.39 is 0 Å². The van der Waals surface area contributed by atoms with Gasteiger partial charge in [0.2, 0.25) is 0 Å². The van der Waals surface area contributed by atoms with Gasteiger partial charge in [-0.3, -0.25) is 0 Å². The highest BCUT2D eigenvalue weighted by molar-refractivity contribution is 4.88. The summed E-state index contributed by atoms with van der Waals surface area (Å²) in [5.74, 6) is 1.33. The van der Waals surface area contributed by atoms with E-state index in [1.54, 1.807) is 0 Å². The van der Waals surface area contributed by atoms with E-state index in [2.05, 4.69) is 19.1 Å². The highest BCUT2D eigenvalue weighted by Gasteiger charge is 2.07. The molecule has 0 heterocycles. The van der Waals surface area contributed by atoms with Gasteiger partial charge >= 0.3 is 0 Å². The molecule has 0 aromatic heterocycles. The minimum atomic E-state index is 0.224. The normalized spacial score (nSPS) is 11.8. The zero-order valence-corrected chi connectivity index (χ0v) is 17.0. The van der Waals surface area contributed by atoms with E-state index >= 15 is 0 Å². The minimum Gasteiger partial charge on any atom is -0.396 e. The third-order valence-corrected chi connectivity index (χ3v) is 4.97. The van der Waals surface area contributed by atoms with Crippen molar-refractivity contribution in [2.24, 2.45) is 0 Å². The molecule has 0 aliphatic heterocycles. The van der Waals surface area contributed by atoms with Crippen LogP contribution < -0.4 is 0 Å². The molecular weight excluding hydrogens is 308 g/mol. The second-order valence-corrected chi connectivity index (χ2v) is 7.39. The Kier molecular flexibility index (Phi) is 21.4. The zero-order valence-electron chi connectivity index (χ0n) is 17.0. The molecule has 0 aliphatic carbocycles. The second kappa shape index (κ2) is 21.7. The SMILES string of the molecule is CCCCCCCC/C=C\CCCCCCCC[C](CCO)CCO. The highest BCUT2D eigenvalue weighted by atomic mass is 16.3. The molecule has 0 fully saturated rings. The fourth-order valence-electron chi connectivity index (χ4n) is 3.31. The predicted octanol–water partition coefficient (Wildman–Crippen LogP) is 6.75. The van der Waals surface area contributed by atoms with Gasteiger partial charge < -0.3 is 10.2 Å². The minimum absolute atomic E-state index is 0.224. The Labute approximate surface area is 158 Å². The van der Waals surface area contributed by atoms with Crippen molar-refractivity contribution in [2.45, 2.75) is 116 Å². The Balaban J connectivity index is 3.23. The molecule has 0 saturated heterocycles. The number of hydrogen-bond donors (Lipinski definition) is 2. The van der Waals surface area contributed by atoms with Crippen LogP contribution in [0.4, 0.5) is 0 Å². The van der Waals surface area contributed by atoms with Gasteiger partial charge in [0.1, 0.15) is 0 Å². The van der Waals surface area contributed by atoms with Crippen LogP contribution in [0.25, 0.3) is 0 Å². The molecule has 0 saturated carbocycles. The van der Waals surface area contributed by atoms with Crippen LogP contribution in [-0.4, -0.2) is 23.4 Å². The molecule has 149 valence electrons. The van der Waals surface area contributed by atoms with Crippen LogP contribution >= 0.6 is 0 Å². The first kappa shape index (κ1) is 24.7. The van der Waals surface area contributed by atoms with Gasteiger partial charge in [0.25, 0.3) is 0 Å². The average molecular weight is 354 g/mol. The average Bonchev–Trinajstić information content (AvgIpc) is 2.61. The predicted molar refractivity (Wildman–Crippen MR) is 111 cm³/mol. The van der Waals surface area contributed by atoms with Crippen molar-refractivity contribution in [2.75, 3.05) is 13.2 Å². The maximum Gasteiger partial charge on any atom is 0.0436 e. The number of aliphatic hydroxyl groups is 2. The zero-order chi connectivity index (χ0) is 18.4. The summed E-state index contributed by atoms with van der Waals surface area (Å²) in [6, 6.07) is 0. The molecule has 0 bridgehead atoms. The van der Waals surface area contributed by atoms with Crippen LogP contribution in [-0.2, 0) is 0 Å². The maximum absolute atomic E-state index is 8.99. The second-order valence-electron chi connectivity index (χ2n) is 7.39. The molecule has 2 N–H and O–H groups in total. The summed E-state index contributed by atoms with van der Waals surface area (Å²) >= 11 is 0. The smallest absolute Gasteiger partial charge is 0.0436 e. The molecule has 25 heavy (non-hydrogen) atoms. The highest BCUT2D eigenvalue weighted by Crippen LogP contribution is 2.20. The summed E-state index contributed by atoms with van der Waals surface area (Å²) in [4.78, 5) is 0. The number of hydrogen-bond acceptors (Lipinski definition) is 2. The van der Waals surface area contributed by atoms with Crippen molar-refractivity contribution in [1.82, 2.24) is 0 Å². The summed E-state index contributed by atoms with van der Waals surface area (Å²) in [6.07, 6.45) is 26.1. The van der Waals surface area contributed by atoms with Gasteiger partial charge in [-0.2, -0.15) is 0 Å². The molecular formula is C23H45O2. The molecule has 0 rings (SSSR count). The third-order valence-electron chi connectivity index (χ3n) is 4.97. The topological polar surface area (TPSA) is 40.5 Å². The Hall–Kier alpha value is -0.340. The van der Waals surface area contributed by atoms with E-state index in [0.717, 1.165) is 19.3 Å². The van der Waals surface area contributed by atoms with E-state index in [0.29, 0.717) is 0 Å². The number of rotatable bonds is 20. The van der Waals surface area contributed by atoms with E-state index in [4.69, 9.17) is 10.2 Å². The van der Waals surface area contributed by atoms with Crippen LogP contribution in [0.5, 0.6) is 0 Å². The van der Waals surface area contributed by atoms with Crippen molar-refractivity contribution >= 4 is 0 Å². The first-order valence-electron chi connectivity index (χ1n) is 11.1. The van der Waals surface area contributed by atoms with Gasteiger partial charge in [-0.1, -0.05) is 83.3 Å². The molecule has 0 spiro atoms. The van der Waals surface area contributed by atoms with Crippen LogP contribution in [0.3, 0.4) is 0 Å². The van der Waals surface area contributed by atoms with E-state index in [9.17, 15) is 0 Å². The van der Waals surface area contributed by atoms with Gasteiger partial charge in [0.15, 0.2) is 0 Å². The van der Waals surface area contributed by atoms with Crippen molar-refractivity contribution in [1.29, 1.82) is 0 Å². The first-order chi connectivity index (χ1) is 12.3. The summed E-state index contributed by atoms with van der Waals surface area (Å²) < 4.78 is 0. The number of unbranched alkanes of at least 4 members (excludes halogenated alkanes) is 12. The van der Waals surface area contributed by atoms with Crippen molar-refractivity contribution in [3.63, 3.8) is 0 Å². The summed E-state index contributed by atoms with van der Waals surface area (Å²) in [7, 11) is 0. The van der Waals surface area contributed by atoms with Gasteiger partial charge in [0, 0.05) is 13.2 Å². The fraction of sp³-hybridized carbons (Fsp3) is 0.870. The molecule has 0 atom stereocenters. The van der Waals surface area contributed by atoms with Crippen LogP contribution in [0.2, 0.25) is 0 Å². The molecule has 0 aliphatic rings. The summed E-state index contributed by atoms with van der Waals surface area (Å²) in [5, 5.41) is 18.0. The molecule has 1 radical (unpaired) electrons. The van der Waals surface area contributed by atoms with Crippen LogP contribution in [0, 0.1) is 5.92 Å². The molecule has 0 aromatic carbocycles. The number of aliphatic hydroxyl groups excluding tert-OH is 2. The monoisotopic (exact) mass is 353 g/mol. The van der Waals surface area contributed by atoms with Crippen LogP contribution in [0.15, 0.2) is 12.2 Å². The van der Waals surface area contributed by atoms with Gasteiger partial charge in [0.05, 0.1) is 0 Å². The lowest BCUT2D eigenvalue weighted by molar-refractivity contribution is 0.262. The fourth-order valence-corrected chi connectivity index (χ4v) is 3.31. The third kappa shape index (κ3) is 19.8. The lowest BCUT2D eigenvalue weighted by atomic mass is 9.94. The quantitative estimate of drug-likeness (QED) is 0.188. The molecule has 2 heteroatoms. The van der Waals surface area contributed by atoms with Gasteiger partial charge in [-0.05, 0) is 50.9 Å². The van der Waals surface area contributed by atoms with E-state index in [1.807, 2.05) is 0 Å². The molecule has 0 unspecified atom stereocenters. The lowest BCUT2D eigenvalue weighted by Gasteiger charge is -2.13. The van der Waals surface area contributed by atoms with Gasteiger partial charge in [-0.25, -0.2) is 0 Å². The van der Waals surface area contributed by atoms with Crippen molar-refractivity contribution in [3.05, 3.63) is 18.1 Å². The summed E-state index contributed by atoms with van der Waals surface area (Å²) in [5.41, 5.74) is 0.